The van der Waals surface area contributed by atoms with E-state index in [1.54, 1.807) is 20.3 Å². The van der Waals surface area contributed by atoms with E-state index < -0.39 is 0 Å². The summed E-state index contributed by atoms with van der Waals surface area (Å²) < 4.78 is 12.9. The number of ether oxygens (including phenoxy) is 2. The number of imidazole rings is 1. The summed E-state index contributed by atoms with van der Waals surface area (Å²) in [5, 5.41) is 2.96. The average molecular weight is 394 g/mol. The van der Waals surface area contributed by atoms with Crippen LogP contribution in [0.1, 0.15) is 12.8 Å². The van der Waals surface area contributed by atoms with Gasteiger partial charge in [0.15, 0.2) is 11.5 Å². The van der Waals surface area contributed by atoms with Crippen molar-refractivity contribution in [3.63, 3.8) is 0 Å². The summed E-state index contributed by atoms with van der Waals surface area (Å²) >= 11 is 0. The topological polar surface area (TPSA) is 68.6 Å². The molecule has 1 aromatic heterocycles. The smallest absolute Gasteiger partial charge is 0.321 e. The number of urea groups is 1. The first-order chi connectivity index (χ1) is 14.2. The molecule has 2 heterocycles. The van der Waals surface area contributed by atoms with Gasteiger partial charge in [-0.15, -0.1) is 0 Å². The maximum atomic E-state index is 12.7. The van der Waals surface area contributed by atoms with Gasteiger partial charge >= 0.3 is 6.03 Å². The molecule has 1 saturated heterocycles. The number of fused-ring (bicyclic) bond motifs is 1. The maximum absolute atomic E-state index is 12.7. The summed E-state index contributed by atoms with van der Waals surface area (Å²) in [6.45, 7) is 2.39. The van der Waals surface area contributed by atoms with E-state index in [9.17, 15) is 4.79 Å². The van der Waals surface area contributed by atoms with Crippen LogP contribution < -0.4 is 14.8 Å². The van der Waals surface area contributed by atoms with Crippen molar-refractivity contribution in [1.29, 1.82) is 0 Å². The fourth-order valence-electron chi connectivity index (χ4n) is 3.93. The van der Waals surface area contributed by atoms with Gasteiger partial charge in [0.25, 0.3) is 0 Å². The van der Waals surface area contributed by atoms with Crippen molar-refractivity contribution in [2.45, 2.75) is 19.4 Å². The number of hydrogen-bond donors (Lipinski definition) is 1. The van der Waals surface area contributed by atoms with Gasteiger partial charge in [-0.1, -0.05) is 18.2 Å². The number of carbonyl (C=O) groups excluding carboxylic acids is 1. The Morgan fingerprint density at radius 1 is 1.10 bits per heavy atom. The molecule has 0 bridgehead atoms. The Balaban J connectivity index is 1.35. The quantitative estimate of drug-likeness (QED) is 0.710. The number of aromatic nitrogens is 2. The minimum atomic E-state index is -0.108. The Morgan fingerprint density at radius 2 is 1.90 bits per heavy atom. The largest absolute Gasteiger partial charge is 0.493 e. The number of benzene rings is 2. The molecule has 0 atom stereocenters. The Labute approximate surface area is 170 Å². The van der Waals surface area contributed by atoms with Crippen LogP contribution in [0.25, 0.3) is 11.0 Å². The number of nitrogens with zero attached hydrogens (tertiary/aromatic N) is 3. The molecule has 2 aromatic carbocycles. The van der Waals surface area contributed by atoms with Crippen LogP contribution in [0.4, 0.5) is 10.5 Å². The summed E-state index contributed by atoms with van der Waals surface area (Å²) in [6.07, 6.45) is 3.85. The highest BCUT2D eigenvalue weighted by Crippen LogP contribution is 2.35. The van der Waals surface area contributed by atoms with Gasteiger partial charge in [0, 0.05) is 19.6 Å². The van der Waals surface area contributed by atoms with Crippen molar-refractivity contribution in [2.75, 3.05) is 32.6 Å². The number of likely N-dealkylation sites (tertiary alicyclic amines) is 1. The number of methoxy groups -OCH3 is 2. The van der Waals surface area contributed by atoms with Crippen molar-refractivity contribution in [2.24, 2.45) is 5.92 Å². The van der Waals surface area contributed by atoms with E-state index in [4.69, 9.17) is 9.47 Å². The molecule has 7 nitrogen and oxygen atoms in total. The zero-order valence-electron chi connectivity index (χ0n) is 16.8. The third kappa shape index (κ3) is 3.99. The number of para-hydroxylation sites is 3. The maximum Gasteiger partial charge on any atom is 0.321 e. The minimum absolute atomic E-state index is 0.108. The van der Waals surface area contributed by atoms with Crippen LogP contribution >= 0.6 is 0 Å². The molecule has 3 aromatic rings. The normalized spacial score (nSPS) is 14.8. The molecule has 29 heavy (non-hydrogen) atoms. The van der Waals surface area contributed by atoms with Crippen molar-refractivity contribution < 1.29 is 14.3 Å². The van der Waals surface area contributed by atoms with Gasteiger partial charge in [0.2, 0.25) is 0 Å². The molecule has 1 fully saturated rings. The van der Waals surface area contributed by atoms with Crippen LogP contribution in [0, 0.1) is 5.92 Å². The van der Waals surface area contributed by atoms with E-state index in [-0.39, 0.29) is 6.03 Å². The number of amides is 2. The van der Waals surface area contributed by atoms with E-state index in [0.29, 0.717) is 23.1 Å². The summed E-state index contributed by atoms with van der Waals surface area (Å²) in [6, 6.07) is 13.5. The molecule has 0 spiro atoms. The van der Waals surface area contributed by atoms with Crippen LogP contribution in [0.2, 0.25) is 0 Å². The van der Waals surface area contributed by atoms with E-state index in [0.717, 1.165) is 43.5 Å². The molecule has 152 valence electrons. The number of rotatable bonds is 5. The number of hydrogen-bond acceptors (Lipinski definition) is 4. The molecule has 0 radical (unpaired) electrons. The second-order valence-corrected chi connectivity index (χ2v) is 7.29. The fourth-order valence-corrected chi connectivity index (χ4v) is 3.93. The number of anilines is 1. The fraction of sp³-hybridized carbons (Fsp3) is 0.364. The third-order valence-electron chi connectivity index (χ3n) is 5.53. The van der Waals surface area contributed by atoms with Crippen LogP contribution in [-0.4, -0.2) is 47.8 Å². The van der Waals surface area contributed by atoms with Gasteiger partial charge < -0.3 is 24.3 Å². The Kier molecular flexibility index (Phi) is 5.55. The van der Waals surface area contributed by atoms with Gasteiger partial charge in [-0.3, -0.25) is 0 Å². The van der Waals surface area contributed by atoms with Crippen molar-refractivity contribution in [3.05, 3.63) is 48.8 Å². The lowest BCUT2D eigenvalue weighted by Crippen LogP contribution is -2.41. The zero-order valence-corrected chi connectivity index (χ0v) is 16.8. The highest BCUT2D eigenvalue weighted by molar-refractivity contribution is 5.91. The molecule has 1 N–H and O–H groups in total. The van der Waals surface area contributed by atoms with E-state index >= 15 is 0 Å². The van der Waals surface area contributed by atoms with Gasteiger partial charge in [-0.2, -0.15) is 0 Å². The SMILES string of the molecule is COc1cccc(NC(=O)N2CCC(Cn3cnc4ccccc43)CC2)c1OC. The summed E-state index contributed by atoms with van der Waals surface area (Å²) in [5.74, 6) is 1.66. The standard InChI is InChI=1S/C22H26N4O3/c1-28-20-9-5-7-18(21(20)29-2)24-22(27)25-12-10-16(11-13-25)14-26-15-23-17-6-3-4-8-19(17)26/h3-9,15-16H,10-14H2,1-2H3,(H,24,27). The van der Waals surface area contributed by atoms with Gasteiger partial charge in [0.1, 0.15) is 0 Å². The molecule has 4 rings (SSSR count). The molecule has 0 aliphatic carbocycles. The van der Waals surface area contributed by atoms with Gasteiger partial charge in [-0.25, -0.2) is 9.78 Å². The zero-order chi connectivity index (χ0) is 20.2. The highest BCUT2D eigenvalue weighted by atomic mass is 16.5. The van der Waals surface area contributed by atoms with Gasteiger partial charge in [-0.05, 0) is 43.0 Å². The lowest BCUT2D eigenvalue weighted by molar-refractivity contribution is 0.177. The number of carbonyl (C=O) groups is 1. The number of nitrogens with one attached hydrogen (secondary N) is 1. The second kappa shape index (κ2) is 8.43. The first-order valence-electron chi connectivity index (χ1n) is 9.86. The van der Waals surface area contributed by atoms with Crippen molar-refractivity contribution in [1.82, 2.24) is 14.5 Å². The van der Waals surface area contributed by atoms with Gasteiger partial charge in [0.05, 0.1) is 37.3 Å². The number of piperidine rings is 1. The summed E-state index contributed by atoms with van der Waals surface area (Å²) in [5.41, 5.74) is 2.80. The third-order valence-corrected chi connectivity index (χ3v) is 5.53. The lowest BCUT2D eigenvalue weighted by atomic mass is 9.97. The van der Waals surface area contributed by atoms with E-state index in [1.807, 2.05) is 41.6 Å². The predicted octanol–water partition coefficient (Wildman–Crippen LogP) is 4.00. The summed E-state index contributed by atoms with van der Waals surface area (Å²) in [7, 11) is 3.15. The first kappa shape index (κ1) is 19.1. The molecule has 2 amide bonds. The van der Waals surface area contributed by atoms with E-state index in [2.05, 4.69) is 20.9 Å². The van der Waals surface area contributed by atoms with Crippen LogP contribution in [-0.2, 0) is 6.54 Å². The molecule has 0 saturated carbocycles. The summed E-state index contributed by atoms with van der Waals surface area (Å²) in [4.78, 5) is 19.1. The first-order valence-corrected chi connectivity index (χ1v) is 9.86. The Bertz CT molecular complexity index is 993. The lowest BCUT2D eigenvalue weighted by Gasteiger charge is -2.32. The van der Waals surface area contributed by atoms with Crippen LogP contribution in [0.15, 0.2) is 48.8 Å². The average Bonchev–Trinajstić information content (AvgIpc) is 3.17. The molecule has 1 aliphatic heterocycles. The molecular weight excluding hydrogens is 368 g/mol. The van der Waals surface area contributed by atoms with Crippen molar-refractivity contribution in [3.8, 4) is 11.5 Å². The van der Waals surface area contributed by atoms with Crippen molar-refractivity contribution >= 4 is 22.8 Å². The van der Waals surface area contributed by atoms with Crippen LogP contribution in [0.5, 0.6) is 11.5 Å². The molecule has 0 unspecified atom stereocenters. The van der Waals surface area contributed by atoms with Crippen LogP contribution in [0.3, 0.4) is 0 Å². The minimum Gasteiger partial charge on any atom is -0.493 e. The van der Waals surface area contributed by atoms with E-state index in [1.165, 1.54) is 0 Å². The monoisotopic (exact) mass is 394 g/mol. The Hall–Kier alpha value is -3.22. The second-order valence-electron chi connectivity index (χ2n) is 7.29. The highest BCUT2D eigenvalue weighted by Gasteiger charge is 2.24. The molecule has 7 heteroatoms. The molecular formula is C22H26N4O3. The molecule has 1 aliphatic rings. The predicted molar refractivity (Wildman–Crippen MR) is 113 cm³/mol. The Morgan fingerprint density at radius 3 is 2.66 bits per heavy atom.